The van der Waals surface area contributed by atoms with E-state index in [9.17, 15) is 9.90 Å². The first-order valence-electron chi connectivity index (χ1n) is 8.85. The van der Waals surface area contributed by atoms with Crippen molar-refractivity contribution < 1.29 is 19.1 Å². The molecule has 9 heteroatoms. The van der Waals surface area contributed by atoms with Crippen molar-refractivity contribution >= 4 is 17.7 Å². The molecule has 1 unspecified atom stereocenters. The average Bonchev–Trinajstić information content (AvgIpc) is 3.10. The van der Waals surface area contributed by atoms with E-state index >= 15 is 0 Å². The van der Waals surface area contributed by atoms with Crippen molar-refractivity contribution in [2.24, 2.45) is 5.92 Å². The Hall–Kier alpha value is -2.19. The Morgan fingerprint density at radius 2 is 2.07 bits per heavy atom. The lowest BCUT2D eigenvalue weighted by Crippen LogP contribution is -2.42. The van der Waals surface area contributed by atoms with Crippen LogP contribution in [0.2, 0.25) is 5.02 Å². The van der Waals surface area contributed by atoms with Crippen molar-refractivity contribution in [3.8, 4) is 11.6 Å². The number of carbonyl (C=O) groups is 1. The van der Waals surface area contributed by atoms with Gasteiger partial charge in [0, 0.05) is 19.3 Å². The van der Waals surface area contributed by atoms with Gasteiger partial charge in [0.25, 0.3) is 5.89 Å². The molecule has 2 aromatic rings. The normalized spacial score (nSPS) is 17.0. The van der Waals surface area contributed by atoms with E-state index in [1.54, 1.807) is 23.2 Å². The van der Waals surface area contributed by atoms with Crippen molar-refractivity contribution in [2.45, 2.75) is 45.3 Å². The van der Waals surface area contributed by atoms with E-state index in [0.717, 1.165) is 0 Å². The molecule has 1 aliphatic rings. The van der Waals surface area contributed by atoms with Crippen LogP contribution in [0.25, 0.3) is 11.6 Å². The Kier molecular flexibility index (Phi) is 5.67. The van der Waals surface area contributed by atoms with Crippen LogP contribution in [0.1, 0.15) is 45.6 Å². The highest BCUT2D eigenvalue weighted by atomic mass is 35.5. The standard InChI is InChI=1S/C18H23ClN4O4/c1-18(2,3)27-17(25)23-9-6-11(7-10-23)14(24)16-22-21-15(26-16)13-12(19)5-4-8-20-13/h4-5,8,11,14,24H,6-7,9-10H2,1-3H3. The summed E-state index contributed by atoms with van der Waals surface area (Å²) in [6.07, 6.45) is 1.56. The number of aliphatic hydroxyl groups is 1. The molecule has 1 aliphatic heterocycles. The van der Waals surface area contributed by atoms with Crippen LogP contribution in [0.5, 0.6) is 0 Å². The zero-order valence-corrected chi connectivity index (χ0v) is 16.3. The summed E-state index contributed by atoms with van der Waals surface area (Å²) in [5.41, 5.74) is -0.148. The summed E-state index contributed by atoms with van der Waals surface area (Å²) >= 11 is 6.09. The van der Waals surface area contributed by atoms with Crippen LogP contribution in [0.3, 0.4) is 0 Å². The largest absolute Gasteiger partial charge is 0.444 e. The molecule has 1 fully saturated rings. The maximum atomic E-state index is 12.1. The zero-order chi connectivity index (χ0) is 19.6. The Bertz CT molecular complexity index is 797. The Morgan fingerprint density at radius 1 is 1.37 bits per heavy atom. The van der Waals surface area contributed by atoms with Gasteiger partial charge >= 0.3 is 6.09 Å². The van der Waals surface area contributed by atoms with Gasteiger partial charge in [-0.2, -0.15) is 0 Å². The number of pyridine rings is 1. The molecule has 1 saturated heterocycles. The molecule has 3 rings (SSSR count). The van der Waals surface area contributed by atoms with Crippen LogP contribution in [-0.2, 0) is 4.74 Å². The van der Waals surface area contributed by atoms with Gasteiger partial charge in [-0.05, 0) is 51.7 Å². The Morgan fingerprint density at radius 3 is 2.70 bits per heavy atom. The van der Waals surface area contributed by atoms with E-state index in [1.807, 2.05) is 20.8 Å². The average molecular weight is 395 g/mol. The van der Waals surface area contributed by atoms with E-state index in [2.05, 4.69) is 15.2 Å². The van der Waals surface area contributed by atoms with Crippen molar-refractivity contribution in [1.29, 1.82) is 0 Å². The minimum absolute atomic E-state index is 0.0869. The Labute approximate surface area is 162 Å². The molecule has 1 atom stereocenters. The number of rotatable bonds is 3. The highest BCUT2D eigenvalue weighted by Crippen LogP contribution is 2.32. The summed E-state index contributed by atoms with van der Waals surface area (Å²) in [4.78, 5) is 17.9. The number of piperidine rings is 1. The van der Waals surface area contributed by atoms with Gasteiger partial charge in [0.1, 0.15) is 17.4 Å². The highest BCUT2D eigenvalue weighted by Gasteiger charge is 2.33. The van der Waals surface area contributed by atoms with Gasteiger partial charge in [-0.15, -0.1) is 10.2 Å². The summed E-state index contributed by atoms with van der Waals surface area (Å²) in [7, 11) is 0. The highest BCUT2D eigenvalue weighted by molar-refractivity contribution is 6.32. The number of ether oxygens (including phenoxy) is 1. The number of carbonyl (C=O) groups excluding carboxylic acids is 1. The number of halogens is 1. The third-order valence-electron chi connectivity index (χ3n) is 4.29. The van der Waals surface area contributed by atoms with Gasteiger partial charge < -0.3 is 19.2 Å². The molecule has 2 aromatic heterocycles. The predicted octanol–water partition coefficient (Wildman–Crippen LogP) is 3.47. The van der Waals surface area contributed by atoms with Crippen LogP contribution >= 0.6 is 11.6 Å². The van der Waals surface area contributed by atoms with E-state index in [-0.39, 0.29) is 23.8 Å². The van der Waals surface area contributed by atoms with E-state index < -0.39 is 11.7 Å². The molecule has 1 amide bonds. The van der Waals surface area contributed by atoms with Gasteiger partial charge in [-0.3, -0.25) is 0 Å². The van der Waals surface area contributed by atoms with E-state index in [4.69, 9.17) is 20.8 Å². The summed E-state index contributed by atoms with van der Waals surface area (Å²) in [6.45, 7) is 6.51. The lowest BCUT2D eigenvalue weighted by Gasteiger charge is -2.34. The first-order chi connectivity index (χ1) is 12.7. The van der Waals surface area contributed by atoms with Crippen LogP contribution < -0.4 is 0 Å². The van der Waals surface area contributed by atoms with E-state index in [1.165, 1.54) is 0 Å². The van der Waals surface area contributed by atoms with Crippen molar-refractivity contribution in [3.05, 3.63) is 29.2 Å². The first kappa shape index (κ1) is 19.6. The monoisotopic (exact) mass is 394 g/mol. The molecule has 0 aromatic carbocycles. The number of hydrogen-bond acceptors (Lipinski definition) is 7. The minimum atomic E-state index is -0.908. The van der Waals surface area contributed by atoms with Gasteiger partial charge in [-0.1, -0.05) is 11.6 Å². The second-order valence-corrected chi connectivity index (χ2v) is 7.94. The van der Waals surface area contributed by atoms with Gasteiger partial charge in [0.05, 0.1) is 5.02 Å². The third-order valence-corrected chi connectivity index (χ3v) is 4.60. The SMILES string of the molecule is CC(C)(C)OC(=O)N1CCC(C(O)c2nnc(-c3ncccc3Cl)o2)CC1. The first-order valence-corrected chi connectivity index (χ1v) is 9.22. The quantitative estimate of drug-likeness (QED) is 0.850. The summed E-state index contributed by atoms with van der Waals surface area (Å²) in [5.74, 6) is 0.208. The maximum Gasteiger partial charge on any atom is 0.410 e. The minimum Gasteiger partial charge on any atom is -0.444 e. The van der Waals surface area contributed by atoms with Gasteiger partial charge in [0.2, 0.25) is 5.89 Å². The van der Waals surface area contributed by atoms with Crippen LogP contribution in [0, 0.1) is 5.92 Å². The molecule has 1 N–H and O–H groups in total. The third kappa shape index (κ3) is 4.75. The zero-order valence-electron chi connectivity index (χ0n) is 15.6. The molecule has 3 heterocycles. The summed E-state index contributed by atoms with van der Waals surface area (Å²) in [5, 5.41) is 18.9. The summed E-state index contributed by atoms with van der Waals surface area (Å²) in [6, 6.07) is 3.38. The molecular formula is C18H23ClN4O4. The van der Waals surface area contributed by atoms with Crippen molar-refractivity contribution in [1.82, 2.24) is 20.1 Å². The number of aromatic nitrogens is 3. The lowest BCUT2D eigenvalue weighted by atomic mass is 9.91. The van der Waals surface area contributed by atoms with Crippen LogP contribution in [0.15, 0.2) is 22.7 Å². The fraction of sp³-hybridized carbons (Fsp3) is 0.556. The fourth-order valence-electron chi connectivity index (χ4n) is 2.92. The molecule has 0 bridgehead atoms. The molecule has 8 nitrogen and oxygen atoms in total. The molecular weight excluding hydrogens is 372 g/mol. The van der Waals surface area contributed by atoms with Crippen LogP contribution in [-0.4, -0.2) is 50.0 Å². The number of nitrogens with zero attached hydrogens (tertiary/aromatic N) is 4. The number of aliphatic hydroxyl groups excluding tert-OH is 1. The van der Waals surface area contributed by atoms with E-state index in [0.29, 0.717) is 36.6 Å². The van der Waals surface area contributed by atoms with Gasteiger partial charge in [0.15, 0.2) is 0 Å². The molecule has 0 aliphatic carbocycles. The molecule has 146 valence electrons. The summed E-state index contributed by atoms with van der Waals surface area (Å²) < 4.78 is 11.0. The smallest absolute Gasteiger partial charge is 0.410 e. The fourth-order valence-corrected chi connectivity index (χ4v) is 3.12. The molecule has 0 spiro atoms. The Balaban J connectivity index is 1.61. The molecule has 0 radical (unpaired) electrons. The number of hydrogen-bond donors (Lipinski definition) is 1. The van der Waals surface area contributed by atoms with Gasteiger partial charge in [-0.25, -0.2) is 9.78 Å². The van der Waals surface area contributed by atoms with Crippen molar-refractivity contribution in [2.75, 3.05) is 13.1 Å². The topological polar surface area (TPSA) is 102 Å². The lowest BCUT2D eigenvalue weighted by molar-refractivity contribution is 0.00381. The second-order valence-electron chi connectivity index (χ2n) is 7.53. The molecule has 0 saturated carbocycles. The predicted molar refractivity (Wildman–Crippen MR) is 98.0 cm³/mol. The number of likely N-dealkylation sites (tertiary alicyclic amines) is 1. The van der Waals surface area contributed by atoms with Crippen LogP contribution in [0.4, 0.5) is 4.79 Å². The maximum absolute atomic E-state index is 12.1. The number of amides is 1. The van der Waals surface area contributed by atoms with Crippen molar-refractivity contribution in [3.63, 3.8) is 0 Å². The second kappa shape index (κ2) is 7.82. The molecule has 27 heavy (non-hydrogen) atoms.